The number of Topliss-reactive ketones (excluding diaryl/α,β-unsaturated/α-hetero) is 1. The molecule has 1 aliphatic rings. The molecule has 0 saturated heterocycles. The van der Waals surface area contributed by atoms with E-state index in [0.29, 0.717) is 5.02 Å². The molecule has 3 rings (SSSR count). The first-order valence-corrected chi connectivity index (χ1v) is 7.29. The lowest BCUT2D eigenvalue weighted by molar-refractivity contribution is 0.0751. The summed E-state index contributed by atoms with van der Waals surface area (Å²) in [5.74, 6) is 0.265. The molecular weight excluding hydrogens is 258 g/mol. The van der Waals surface area contributed by atoms with Crippen LogP contribution >= 0.6 is 11.6 Å². The van der Waals surface area contributed by atoms with Crippen molar-refractivity contribution in [3.8, 4) is 0 Å². The summed E-state index contributed by atoms with van der Waals surface area (Å²) in [4.78, 5) is 16.0. The lowest BCUT2D eigenvalue weighted by atomic mass is 9.71. The summed E-state index contributed by atoms with van der Waals surface area (Å²) < 4.78 is 0. The van der Waals surface area contributed by atoms with Crippen LogP contribution in [0.1, 0.15) is 49.4 Å². The highest BCUT2D eigenvalue weighted by molar-refractivity contribution is 6.31. The Morgan fingerprint density at radius 1 is 1.26 bits per heavy atom. The predicted molar refractivity (Wildman–Crippen MR) is 78.8 cm³/mol. The molecule has 1 fully saturated rings. The Labute approximate surface area is 118 Å². The fraction of sp³-hybridized carbons (Fsp3) is 0.438. The highest BCUT2D eigenvalue weighted by atomic mass is 35.5. The van der Waals surface area contributed by atoms with E-state index in [0.717, 1.165) is 42.1 Å². The molecule has 1 heterocycles. The van der Waals surface area contributed by atoms with E-state index in [4.69, 9.17) is 11.6 Å². The van der Waals surface area contributed by atoms with Crippen molar-refractivity contribution < 1.29 is 4.79 Å². The van der Waals surface area contributed by atoms with Crippen molar-refractivity contribution in [1.82, 2.24) is 4.98 Å². The van der Waals surface area contributed by atoms with Gasteiger partial charge in [-0.2, -0.15) is 0 Å². The van der Waals surface area contributed by atoms with Gasteiger partial charge in [0.1, 0.15) is 0 Å². The summed E-state index contributed by atoms with van der Waals surface area (Å²) >= 11 is 6.05. The molecule has 2 aromatic rings. The fourth-order valence-electron chi connectivity index (χ4n) is 3.16. The summed E-state index contributed by atoms with van der Waals surface area (Å²) in [6, 6.07) is 5.65. The van der Waals surface area contributed by atoms with E-state index in [-0.39, 0.29) is 11.2 Å². The number of halogens is 1. The molecule has 0 amide bonds. The highest BCUT2D eigenvalue weighted by Gasteiger charge is 2.36. The van der Waals surface area contributed by atoms with Gasteiger partial charge in [0.2, 0.25) is 0 Å². The van der Waals surface area contributed by atoms with Gasteiger partial charge in [-0.1, -0.05) is 37.8 Å². The molecular formula is C16H18ClNO. The quantitative estimate of drug-likeness (QED) is 0.771. The molecule has 0 atom stereocenters. The van der Waals surface area contributed by atoms with Gasteiger partial charge < -0.3 is 4.98 Å². The second-order valence-corrected chi connectivity index (χ2v) is 6.28. The first-order valence-electron chi connectivity index (χ1n) is 6.92. The number of benzene rings is 1. The molecule has 19 heavy (non-hydrogen) atoms. The minimum atomic E-state index is -0.199. The first-order chi connectivity index (χ1) is 9.10. The normalized spacial score (nSPS) is 18.6. The maximum Gasteiger partial charge on any atom is 0.170 e. The zero-order valence-corrected chi connectivity index (χ0v) is 11.9. The lowest BCUT2D eigenvalue weighted by Gasteiger charge is -2.31. The standard InChI is InChI=1S/C16H18ClNO/c1-16(7-3-2-4-8-16)15(19)13-10-18-14-6-5-11(17)9-12(13)14/h5-6,9-10,18H,2-4,7-8H2,1H3. The third kappa shape index (κ3) is 2.18. The van der Waals surface area contributed by atoms with E-state index in [9.17, 15) is 4.79 Å². The van der Waals surface area contributed by atoms with Gasteiger partial charge in [-0.25, -0.2) is 0 Å². The number of carbonyl (C=O) groups is 1. The molecule has 1 N–H and O–H groups in total. The van der Waals surface area contributed by atoms with Gasteiger partial charge >= 0.3 is 0 Å². The zero-order chi connectivity index (χ0) is 13.5. The van der Waals surface area contributed by atoms with E-state index < -0.39 is 0 Å². The number of carbonyl (C=O) groups excluding carboxylic acids is 1. The van der Waals surface area contributed by atoms with Crippen LogP contribution in [0.5, 0.6) is 0 Å². The molecule has 2 nitrogen and oxygen atoms in total. The van der Waals surface area contributed by atoms with Crippen LogP contribution in [0, 0.1) is 5.41 Å². The second-order valence-electron chi connectivity index (χ2n) is 5.84. The average Bonchev–Trinajstić information content (AvgIpc) is 2.81. The predicted octanol–water partition coefficient (Wildman–Crippen LogP) is 4.97. The van der Waals surface area contributed by atoms with Crippen LogP contribution in [0.25, 0.3) is 10.9 Å². The van der Waals surface area contributed by atoms with E-state index in [1.54, 1.807) is 0 Å². The summed E-state index contributed by atoms with van der Waals surface area (Å²) in [6.45, 7) is 2.11. The molecule has 3 heteroatoms. The average molecular weight is 276 g/mol. The van der Waals surface area contributed by atoms with Crippen molar-refractivity contribution in [2.45, 2.75) is 39.0 Å². The third-order valence-corrected chi connectivity index (χ3v) is 4.63. The van der Waals surface area contributed by atoms with Crippen LogP contribution in [0.3, 0.4) is 0 Å². The number of rotatable bonds is 2. The molecule has 0 radical (unpaired) electrons. The Bertz CT molecular complexity index is 623. The topological polar surface area (TPSA) is 32.9 Å². The highest BCUT2D eigenvalue weighted by Crippen LogP contribution is 2.40. The van der Waals surface area contributed by atoms with Crippen LogP contribution in [-0.4, -0.2) is 10.8 Å². The molecule has 100 valence electrons. The van der Waals surface area contributed by atoms with E-state index >= 15 is 0 Å². The van der Waals surface area contributed by atoms with Crippen LogP contribution in [0.4, 0.5) is 0 Å². The summed E-state index contributed by atoms with van der Waals surface area (Å²) in [6.07, 6.45) is 7.40. The summed E-state index contributed by atoms with van der Waals surface area (Å²) in [7, 11) is 0. The minimum Gasteiger partial charge on any atom is -0.360 e. The molecule has 0 aliphatic heterocycles. The Morgan fingerprint density at radius 3 is 2.74 bits per heavy atom. The van der Waals surface area contributed by atoms with Gasteiger partial charge in [-0.15, -0.1) is 0 Å². The van der Waals surface area contributed by atoms with Gasteiger partial charge in [0, 0.05) is 33.1 Å². The van der Waals surface area contributed by atoms with E-state index in [2.05, 4.69) is 11.9 Å². The fourth-order valence-corrected chi connectivity index (χ4v) is 3.34. The van der Waals surface area contributed by atoms with Crippen LogP contribution in [0.2, 0.25) is 5.02 Å². The number of nitrogens with one attached hydrogen (secondary N) is 1. The second kappa shape index (κ2) is 4.68. The molecule has 0 spiro atoms. The van der Waals surface area contributed by atoms with E-state index in [1.165, 1.54) is 6.42 Å². The lowest BCUT2D eigenvalue weighted by Crippen LogP contribution is -2.30. The largest absolute Gasteiger partial charge is 0.360 e. The smallest absolute Gasteiger partial charge is 0.170 e. The number of fused-ring (bicyclic) bond motifs is 1. The van der Waals surface area contributed by atoms with Crippen molar-refractivity contribution in [3.05, 3.63) is 35.0 Å². The van der Waals surface area contributed by atoms with Crippen molar-refractivity contribution >= 4 is 28.3 Å². The molecule has 1 saturated carbocycles. The van der Waals surface area contributed by atoms with Gasteiger partial charge in [-0.05, 0) is 31.0 Å². The van der Waals surface area contributed by atoms with Gasteiger partial charge in [0.05, 0.1) is 0 Å². The van der Waals surface area contributed by atoms with Crippen molar-refractivity contribution in [2.75, 3.05) is 0 Å². The van der Waals surface area contributed by atoms with Gasteiger partial charge in [0.15, 0.2) is 5.78 Å². The Kier molecular flexibility index (Phi) is 3.14. The van der Waals surface area contributed by atoms with Gasteiger partial charge in [0.25, 0.3) is 0 Å². The minimum absolute atomic E-state index is 0.199. The number of hydrogen-bond acceptors (Lipinski definition) is 1. The Hall–Kier alpha value is -1.28. The van der Waals surface area contributed by atoms with E-state index in [1.807, 2.05) is 24.4 Å². The number of hydrogen-bond donors (Lipinski definition) is 1. The molecule has 0 unspecified atom stereocenters. The monoisotopic (exact) mass is 275 g/mol. The van der Waals surface area contributed by atoms with Crippen molar-refractivity contribution in [1.29, 1.82) is 0 Å². The summed E-state index contributed by atoms with van der Waals surface area (Å²) in [5, 5.41) is 1.62. The molecule has 1 aromatic heterocycles. The van der Waals surface area contributed by atoms with Crippen LogP contribution in [0.15, 0.2) is 24.4 Å². The maximum atomic E-state index is 12.8. The SMILES string of the molecule is CC1(C(=O)c2c[nH]c3ccc(Cl)cc23)CCCCC1. The molecule has 0 bridgehead atoms. The molecule has 1 aliphatic carbocycles. The molecule has 1 aromatic carbocycles. The first kappa shape index (κ1) is 12.7. The summed E-state index contributed by atoms with van der Waals surface area (Å²) in [5.41, 5.74) is 1.57. The third-order valence-electron chi connectivity index (χ3n) is 4.39. The van der Waals surface area contributed by atoms with Gasteiger partial charge in [-0.3, -0.25) is 4.79 Å². The number of ketones is 1. The maximum absolute atomic E-state index is 12.8. The van der Waals surface area contributed by atoms with Crippen LogP contribution in [-0.2, 0) is 0 Å². The van der Waals surface area contributed by atoms with Crippen molar-refractivity contribution in [3.63, 3.8) is 0 Å². The Morgan fingerprint density at radius 2 is 2.00 bits per heavy atom. The Balaban J connectivity index is 2.04. The zero-order valence-electron chi connectivity index (χ0n) is 11.1. The number of aromatic amines is 1. The number of H-pyrrole nitrogens is 1. The number of aromatic nitrogens is 1. The van der Waals surface area contributed by atoms with Crippen molar-refractivity contribution in [2.24, 2.45) is 5.41 Å². The van der Waals surface area contributed by atoms with Crippen LogP contribution < -0.4 is 0 Å².